The quantitative estimate of drug-likeness (QED) is 0.917. The smallest absolute Gasteiger partial charge is 0.294 e. The molecule has 0 saturated carbocycles. The minimum atomic E-state index is -0.742. The Balaban J connectivity index is 2.16. The van der Waals surface area contributed by atoms with Crippen molar-refractivity contribution in [1.82, 2.24) is 4.98 Å². The van der Waals surface area contributed by atoms with E-state index in [1.165, 1.54) is 4.90 Å². The Kier molecular flexibility index (Phi) is 4.55. The molecule has 1 unspecified atom stereocenters. The number of aromatic nitrogens is 1. The molecule has 0 bridgehead atoms. The molecule has 1 aliphatic heterocycles. The number of amides is 1. The van der Waals surface area contributed by atoms with Gasteiger partial charge in [0, 0.05) is 24.0 Å². The van der Waals surface area contributed by atoms with Crippen molar-refractivity contribution in [3.05, 3.63) is 71.3 Å². The van der Waals surface area contributed by atoms with Crippen LogP contribution in [0.25, 0.3) is 0 Å². The number of hydrogen-bond donors (Lipinski definition) is 1. The van der Waals surface area contributed by atoms with E-state index in [0.717, 1.165) is 0 Å². The van der Waals surface area contributed by atoms with Gasteiger partial charge in [0.25, 0.3) is 5.91 Å². The van der Waals surface area contributed by atoms with E-state index >= 15 is 0 Å². The first-order chi connectivity index (χ1) is 12.5. The molecule has 1 N–H and O–H groups in total. The fourth-order valence-electron chi connectivity index (χ4n) is 2.99. The molecule has 130 valence electrons. The average Bonchev–Trinajstić information content (AvgIpc) is 2.93. The Morgan fingerprint density at radius 2 is 1.81 bits per heavy atom. The van der Waals surface area contributed by atoms with Crippen LogP contribution in [0.4, 0.5) is 5.69 Å². The Bertz CT molecular complexity index is 925. The van der Waals surface area contributed by atoms with E-state index < -0.39 is 17.7 Å². The highest BCUT2D eigenvalue weighted by atomic mass is 16.3. The maximum absolute atomic E-state index is 12.8. The monoisotopic (exact) mass is 347 g/mol. The van der Waals surface area contributed by atoms with Crippen LogP contribution in [0, 0.1) is 17.2 Å². The first-order valence-electron chi connectivity index (χ1n) is 8.16. The van der Waals surface area contributed by atoms with Gasteiger partial charge in [-0.1, -0.05) is 13.8 Å². The molecule has 1 atom stereocenters. The number of ketones is 1. The Morgan fingerprint density at radius 3 is 2.35 bits per heavy atom. The highest BCUT2D eigenvalue weighted by Crippen LogP contribution is 2.41. The van der Waals surface area contributed by atoms with Crippen molar-refractivity contribution >= 4 is 17.4 Å². The van der Waals surface area contributed by atoms with E-state index in [4.69, 9.17) is 5.26 Å². The van der Waals surface area contributed by atoms with E-state index in [0.29, 0.717) is 16.8 Å². The number of nitriles is 1. The molecule has 6 nitrogen and oxygen atoms in total. The molecule has 0 aliphatic carbocycles. The lowest BCUT2D eigenvalue weighted by molar-refractivity contribution is -0.119. The minimum Gasteiger partial charge on any atom is -0.503 e. The highest BCUT2D eigenvalue weighted by Gasteiger charge is 2.44. The molecular formula is C20H17N3O3. The second-order valence-electron chi connectivity index (χ2n) is 6.30. The molecular weight excluding hydrogens is 330 g/mol. The SMILES string of the molecule is CC(C)C(=O)C1=C(O)C(=O)N(c2ccc(C#N)cc2)C1c1ccncc1. The Morgan fingerprint density at radius 1 is 1.19 bits per heavy atom. The summed E-state index contributed by atoms with van der Waals surface area (Å²) in [5.41, 5.74) is 1.71. The van der Waals surface area contributed by atoms with Crippen molar-refractivity contribution in [2.24, 2.45) is 5.92 Å². The van der Waals surface area contributed by atoms with Gasteiger partial charge in [0.05, 0.1) is 23.2 Å². The maximum atomic E-state index is 12.8. The van der Waals surface area contributed by atoms with Crippen molar-refractivity contribution in [2.45, 2.75) is 19.9 Å². The molecule has 2 aromatic rings. The third-order valence-corrected chi connectivity index (χ3v) is 4.29. The van der Waals surface area contributed by atoms with Crippen molar-refractivity contribution in [3.8, 4) is 6.07 Å². The lowest BCUT2D eigenvalue weighted by Crippen LogP contribution is -2.31. The van der Waals surface area contributed by atoms with Gasteiger partial charge < -0.3 is 5.11 Å². The maximum Gasteiger partial charge on any atom is 0.294 e. The second kappa shape index (κ2) is 6.81. The summed E-state index contributed by atoms with van der Waals surface area (Å²) in [6.45, 7) is 3.45. The van der Waals surface area contributed by atoms with Gasteiger partial charge in [0.1, 0.15) is 0 Å². The predicted molar refractivity (Wildman–Crippen MR) is 95.1 cm³/mol. The summed E-state index contributed by atoms with van der Waals surface area (Å²) in [6.07, 6.45) is 3.15. The number of carbonyl (C=O) groups excluding carboxylic acids is 2. The van der Waals surface area contributed by atoms with E-state index in [1.807, 2.05) is 6.07 Å². The minimum absolute atomic E-state index is 0.0839. The molecule has 0 spiro atoms. The van der Waals surface area contributed by atoms with Crippen molar-refractivity contribution in [2.75, 3.05) is 4.90 Å². The zero-order valence-corrected chi connectivity index (χ0v) is 14.4. The summed E-state index contributed by atoms with van der Waals surface area (Å²) in [4.78, 5) is 30.8. The molecule has 0 radical (unpaired) electrons. The zero-order valence-electron chi connectivity index (χ0n) is 14.4. The van der Waals surface area contributed by atoms with Gasteiger partial charge in [-0.3, -0.25) is 19.5 Å². The van der Waals surface area contributed by atoms with Gasteiger partial charge in [0.2, 0.25) is 0 Å². The summed E-state index contributed by atoms with van der Waals surface area (Å²) in [5, 5.41) is 19.4. The fraction of sp³-hybridized carbons (Fsp3) is 0.200. The number of pyridine rings is 1. The number of benzene rings is 1. The first kappa shape index (κ1) is 17.4. The number of carbonyl (C=O) groups is 2. The molecule has 3 rings (SSSR count). The number of anilines is 1. The number of aliphatic hydroxyl groups is 1. The highest BCUT2D eigenvalue weighted by molar-refractivity contribution is 6.16. The van der Waals surface area contributed by atoms with Crippen molar-refractivity contribution in [3.63, 3.8) is 0 Å². The summed E-state index contributed by atoms with van der Waals surface area (Å²) in [6, 6.07) is 11.1. The van der Waals surface area contributed by atoms with Crippen LogP contribution in [0.5, 0.6) is 0 Å². The van der Waals surface area contributed by atoms with E-state index in [9.17, 15) is 14.7 Å². The Hall–Kier alpha value is -3.46. The zero-order chi connectivity index (χ0) is 18.8. The van der Waals surface area contributed by atoms with Crippen molar-refractivity contribution < 1.29 is 14.7 Å². The first-order valence-corrected chi connectivity index (χ1v) is 8.16. The lowest BCUT2D eigenvalue weighted by Gasteiger charge is -2.27. The number of nitrogens with zero attached hydrogens (tertiary/aromatic N) is 3. The molecule has 6 heteroatoms. The molecule has 0 fully saturated rings. The molecule has 2 heterocycles. The van der Waals surface area contributed by atoms with Crippen LogP contribution in [-0.4, -0.2) is 21.8 Å². The van der Waals surface area contributed by atoms with Crippen LogP contribution >= 0.6 is 0 Å². The van der Waals surface area contributed by atoms with Crippen LogP contribution in [0.15, 0.2) is 60.1 Å². The van der Waals surface area contributed by atoms with E-state index in [-0.39, 0.29) is 17.3 Å². The molecule has 1 amide bonds. The molecule has 1 aliphatic rings. The lowest BCUT2D eigenvalue weighted by atomic mass is 9.91. The van der Waals surface area contributed by atoms with Crippen LogP contribution in [0.1, 0.15) is 31.0 Å². The van der Waals surface area contributed by atoms with Gasteiger partial charge in [-0.25, -0.2) is 0 Å². The number of rotatable bonds is 4. The van der Waals surface area contributed by atoms with Crippen LogP contribution in [0.2, 0.25) is 0 Å². The molecule has 0 saturated heterocycles. The third kappa shape index (κ3) is 2.84. The molecule has 26 heavy (non-hydrogen) atoms. The van der Waals surface area contributed by atoms with Gasteiger partial charge >= 0.3 is 0 Å². The van der Waals surface area contributed by atoms with Crippen molar-refractivity contribution in [1.29, 1.82) is 5.26 Å². The van der Waals surface area contributed by atoms with Crippen LogP contribution in [-0.2, 0) is 9.59 Å². The van der Waals surface area contributed by atoms with Gasteiger partial charge in [0.15, 0.2) is 11.5 Å². The van der Waals surface area contributed by atoms with Crippen LogP contribution < -0.4 is 4.90 Å². The number of aliphatic hydroxyl groups excluding tert-OH is 1. The van der Waals surface area contributed by atoms with E-state index in [1.54, 1.807) is 62.6 Å². The number of Topliss-reactive ketones (excluding diaryl/α,β-unsaturated/α-hetero) is 1. The standard InChI is InChI=1S/C20H17N3O3/c1-12(2)18(24)16-17(14-7-9-22-10-8-14)23(20(26)19(16)25)15-5-3-13(11-21)4-6-15/h3-10,12,17,25H,1-2H3. The summed E-state index contributed by atoms with van der Waals surface area (Å²) in [5.74, 6) is -1.82. The summed E-state index contributed by atoms with van der Waals surface area (Å²) < 4.78 is 0. The van der Waals surface area contributed by atoms with Crippen LogP contribution in [0.3, 0.4) is 0 Å². The second-order valence-corrected chi connectivity index (χ2v) is 6.30. The molecule has 1 aromatic heterocycles. The predicted octanol–water partition coefficient (Wildman–Crippen LogP) is 3.08. The summed E-state index contributed by atoms with van der Waals surface area (Å²) >= 11 is 0. The number of hydrogen-bond acceptors (Lipinski definition) is 5. The fourth-order valence-corrected chi connectivity index (χ4v) is 2.99. The van der Waals surface area contributed by atoms with Gasteiger partial charge in [-0.05, 0) is 42.0 Å². The Labute approximate surface area is 151 Å². The van der Waals surface area contributed by atoms with Gasteiger partial charge in [-0.2, -0.15) is 5.26 Å². The van der Waals surface area contributed by atoms with E-state index in [2.05, 4.69) is 4.98 Å². The normalized spacial score (nSPS) is 16.9. The van der Waals surface area contributed by atoms with Gasteiger partial charge in [-0.15, -0.1) is 0 Å². The topological polar surface area (TPSA) is 94.3 Å². The largest absolute Gasteiger partial charge is 0.503 e. The average molecular weight is 347 g/mol. The third-order valence-electron chi connectivity index (χ3n) is 4.29. The summed E-state index contributed by atoms with van der Waals surface area (Å²) in [7, 11) is 0. The molecule has 1 aromatic carbocycles.